The van der Waals surface area contributed by atoms with E-state index in [4.69, 9.17) is 0 Å². The van der Waals surface area contributed by atoms with Gasteiger partial charge in [0.25, 0.3) is 0 Å². The third kappa shape index (κ3) is 2.46. The number of hydrogen-bond acceptors (Lipinski definition) is 1. The largest absolute Gasteiger partial charge is 0.390 e. The molecule has 0 aliphatic heterocycles. The second-order valence-corrected chi connectivity index (χ2v) is 5.63. The fourth-order valence-corrected chi connectivity index (χ4v) is 2.68. The van der Waals surface area contributed by atoms with E-state index in [2.05, 4.69) is 27.7 Å². The average molecular weight is 184 g/mol. The van der Waals surface area contributed by atoms with E-state index in [0.717, 1.165) is 19.3 Å². The molecule has 1 fully saturated rings. The quantitative estimate of drug-likeness (QED) is 0.713. The molecule has 1 saturated carbocycles. The highest BCUT2D eigenvalue weighted by atomic mass is 16.3. The highest BCUT2D eigenvalue weighted by Crippen LogP contribution is 2.47. The van der Waals surface area contributed by atoms with Gasteiger partial charge in [-0.1, -0.05) is 34.1 Å². The van der Waals surface area contributed by atoms with Crippen LogP contribution in [0.25, 0.3) is 0 Å². The van der Waals surface area contributed by atoms with Gasteiger partial charge >= 0.3 is 0 Å². The molecule has 0 saturated heterocycles. The Hall–Kier alpha value is -0.0400. The molecule has 78 valence electrons. The predicted octanol–water partition coefficient (Wildman–Crippen LogP) is 3.36. The smallest absolute Gasteiger partial charge is 0.0678 e. The first-order valence-corrected chi connectivity index (χ1v) is 5.62. The van der Waals surface area contributed by atoms with E-state index in [9.17, 15) is 5.11 Å². The maximum Gasteiger partial charge on any atom is 0.0678 e. The zero-order valence-electron chi connectivity index (χ0n) is 9.56. The van der Waals surface area contributed by atoms with Crippen LogP contribution in [-0.2, 0) is 0 Å². The van der Waals surface area contributed by atoms with Crippen molar-refractivity contribution in [2.75, 3.05) is 0 Å². The first-order chi connectivity index (χ1) is 5.90. The first kappa shape index (κ1) is 11.0. The van der Waals surface area contributed by atoms with Gasteiger partial charge in [0.1, 0.15) is 0 Å². The molecule has 0 bridgehead atoms. The summed E-state index contributed by atoms with van der Waals surface area (Å²) < 4.78 is 0. The topological polar surface area (TPSA) is 20.2 Å². The Morgan fingerprint density at radius 2 is 1.92 bits per heavy atom. The predicted molar refractivity (Wildman–Crippen MR) is 56.7 cm³/mol. The fourth-order valence-electron chi connectivity index (χ4n) is 2.68. The molecule has 1 nitrogen and oxygen atoms in total. The lowest BCUT2D eigenvalue weighted by Crippen LogP contribution is -2.34. The normalized spacial score (nSPS) is 34.8. The molecule has 0 radical (unpaired) electrons. The van der Waals surface area contributed by atoms with Gasteiger partial charge in [-0.25, -0.2) is 0 Å². The maximum atomic E-state index is 10.4. The Balaban J connectivity index is 2.58. The Labute approximate surface area is 82.5 Å². The van der Waals surface area contributed by atoms with Gasteiger partial charge in [0.05, 0.1) is 5.60 Å². The third-order valence-electron chi connectivity index (χ3n) is 3.66. The molecule has 0 heterocycles. The van der Waals surface area contributed by atoms with Gasteiger partial charge in [-0.3, -0.25) is 0 Å². The molecule has 0 aromatic carbocycles. The molecule has 13 heavy (non-hydrogen) atoms. The summed E-state index contributed by atoms with van der Waals surface area (Å²) in [5.41, 5.74) is -0.00371. The molecule has 1 aliphatic carbocycles. The summed E-state index contributed by atoms with van der Waals surface area (Å²) in [6, 6.07) is 0. The molecule has 1 rings (SSSR count). The van der Waals surface area contributed by atoms with Gasteiger partial charge < -0.3 is 5.11 Å². The highest BCUT2D eigenvalue weighted by molar-refractivity contribution is 4.96. The minimum atomic E-state index is -0.362. The van der Waals surface area contributed by atoms with E-state index in [0.29, 0.717) is 11.3 Å². The van der Waals surface area contributed by atoms with Crippen LogP contribution >= 0.6 is 0 Å². The molecule has 1 aliphatic rings. The van der Waals surface area contributed by atoms with E-state index in [1.54, 1.807) is 0 Å². The van der Waals surface area contributed by atoms with Crippen LogP contribution in [0.3, 0.4) is 0 Å². The Morgan fingerprint density at radius 1 is 1.31 bits per heavy atom. The molecule has 0 aromatic heterocycles. The van der Waals surface area contributed by atoms with Crippen molar-refractivity contribution in [1.29, 1.82) is 0 Å². The van der Waals surface area contributed by atoms with Gasteiger partial charge in [0, 0.05) is 0 Å². The average Bonchev–Trinajstić information content (AvgIpc) is 2.28. The van der Waals surface area contributed by atoms with Crippen LogP contribution in [0.1, 0.15) is 59.8 Å². The molecule has 0 spiro atoms. The Morgan fingerprint density at radius 3 is 2.31 bits per heavy atom. The summed E-state index contributed by atoms with van der Waals surface area (Å²) >= 11 is 0. The highest BCUT2D eigenvalue weighted by Gasteiger charge is 2.44. The lowest BCUT2D eigenvalue weighted by Gasteiger charge is -2.31. The summed E-state index contributed by atoms with van der Waals surface area (Å²) in [6.07, 6.45) is 5.51. The SMILES string of the molecule is CCCC(C)C1(O)CCC(C)(C)C1. The monoisotopic (exact) mass is 184 g/mol. The van der Waals surface area contributed by atoms with Crippen molar-refractivity contribution in [3.8, 4) is 0 Å². The van der Waals surface area contributed by atoms with Crippen molar-refractivity contribution in [2.45, 2.75) is 65.4 Å². The summed E-state index contributed by atoms with van der Waals surface area (Å²) in [7, 11) is 0. The molecule has 0 amide bonds. The lowest BCUT2D eigenvalue weighted by atomic mass is 9.81. The van der Waals surface area contributed by atoms with Crippen LogP contribution in [0.2, 0.25) is 0 Å². The third-order valence-corrected chi connectivity index (χ3v) is 3.66. The summed E-state index contributed by atoms with van der Waals surface area (Å²) in [5.74, 6) is 0.472. The number of aliphatic hydroxyl groups is 1. The molecule has 0 aromatic rings. The van der Waals surface area contributed by atoms with Crippen molar-refractivity contribution in [3.63, 3.8) is 0 Å². The molecular weight excluding hydrogens is 160 g/mol. The number of hydrogen-bond donors (Lipinski definition) is 1. The molecule has 2 atom stereocenters. The minimum absolute atomic E-state index is 0.358. The summed E-state index contributed by atoms with van der Waals surface area (Å²) in [6.45, 7) is 8.93. The zero-order valence-corrected chi connectivity index (χ0v) is 9.56. The molecule has 1 heteroatoms. The van der Waals surface area contributed by atoms with E-state index < -0.39 is 0 Å². The molecule has 1 N–H and O–H groups in total. The molecule has 2 unspecified atom stereocenters. The van der Waals surface area contributed by atoms with Crippen molar-refractivity contribution in [3.05, 3.63) is 0 Å². The fraction of sp³-hybridized carbons (Fsp3) is 1.00. The van der Waals surface area contributed by atoms with Crippen LogP contribution < -0.4 is 0 Å². The van der Waals surface area contributed by atoms with Crippen LogP contribution in [0.15, 0.2) is 0 Å². The second-order valence-electron chi connectivity index (χ2n) is 5.63. The van der Waals surface area contributed by atoms with Gasteiger partial charge in [0.2, 0.25) is 0 Å². The molecular formula is C12H24O. The van der Waals surface area contributed by atoms with Gasteiger partial charge in [-0.05, 0) is 37.0 Å². The Bertz CT molecular complexity index is 174. The Kier molecular flexibility index (Phi) is 3.06. The first-order valence-electron chi connectivity index (χ1n) is 5.62. The van der Waals surface area contributed by atoms with Crippen molar-refractivity contribution in [1.82, 2.24) is 0 Å². The van der Waals surface area contributed by atoms with E-state index in [1.807, 2.05) is 0 Å². The lowest BCUT2D eigenvalue weighted by molar-refractivity contribution is -0.0168. The van der Waals surface area contributed by atoms with Crippen molar-refractivity contribution >= 4 is 0 Å². The van der Waals surface area contributed by atoms with Gasteiger partial charge in [0.15, 0.2) is 0 Å². The minimum Gasteiger partial charge on any atom is -0.390 e. The van der Waals surface area contributed by atoms with Crippen molar-refractivity contribution in [2.24, 2.45) is 11.3 Å². The number of rotatable bonds is 3. The van der Waals surface area contributed by atoms with Gasteiger partial charge in [-0.2, -0.15) is 0 Å². The summed E-state index contributed by atoms with van der Waals surface area (Å²) in [4.78, 5) is 0. The van der Waals surface area contributed by atoms with Gasteiger partial charge in [-0.15, -0.1) is 0 Å². The summed E-state index contributed by atoms with van der Waals surface area (Å²) in [5, 5.41) is 10.4. The van der Waals surface area contributed by atoms with E-state index in [-0.39, 0.29) is 5.60 Å². The van der Waals surface area contributed by atoms with Crippen LogP contribution in [0.4, 0.5) is 0 Å². The van der Waals surface area contributed by atoms with Crippen LogP contribution in [-0.4, -0.2) is 10.7 Å². The van der Waals surface area contributed by atoms with Crippen LogP contribution in [0.5, 0.6) is 0 Å². The standard InChI is InChI=1S/C12H24O/c1-5-6-10(2)12(13)8-7-11(3,4)9-12/h10,13H,5-9H2,1-4H3. The maximum absolute atomic E-state index is 10.4. The van der Waals surface area contributed by atoms with E-state index in [1.165, 1.54) is 12.8 Å². The van der Waals surface area contributed by atoms with E-state index >= 15 is 0 Å². The van der Waals surface area contributed by atoms with Crippen molar-refractivity contribution < 1.29 is 5.11 Å². The van der Waals surface area contributed by atoms with Crippen LogP contribution in [0, 0.1) is 11.3 Å². The zero-order chi connectivity index (χ0) is 10.1. The second kappa shape index (κ2) is 3.61.